The van der Waals surface area contributed by atoms with Gasteiger partial charge in [0.05, 0.1) is 11.8 Å². The monoisotopic (exact) mass is 298 g/mol. The smallest absolute Gasteiger partial charge is 0.194 e. The summed E-state index contributed by atoms with van der Waals surface area (Å²) in [6, 6.07) is 4.70. The van der Waals surface area contributed by atoms with Gasteiger partial charge in [0, 0.05) is 10.9 Å². The van der Waals surface area contributed by atoms with Gasteiger partial charge in [-0.05, 0) is 31.2 Å². The van der Waals surface area contributed by atoms with Crippen molar-refractivity contribution >= 4 is 15.9 Å². The van der Waals surface area contributed by atoms with E-state index in [2.05, 4.69) is 20.9 Å². The summed E-state index contributed by atoms with van der Waals surface area (Å²) in [5.41, 5.74) is 5.81. The molecule has 0 spiro atoms. The van der Waals surface area contributed by atoms with E-state index < -0.39 is 0 Å². The lowest BCUT2D eigenvalue weighted by molar-refractivity contribution is 0.496. The van der Waals surface area contributed by atoms with Gasteiger partial charge in [0.2, 0.25) is 0 Å². The molecule has 0 unspecified atom stereocenters. The molecule has 5 heteroatoms. The third kappa shape index (κ3) is 2.92. The number of benzene rings is 1. The standard InChI is InChI=1S/C12H12BrFN2O/c13-8-3-4-10(14)9(6-8)11-7-16-12(17-11)2-1-5-15/h3-4,6-7H,1-2,5,15H2. The Hall–Kier alpha value is -1.20. The lowest BCUT2D eigenvalue weighted by Gasteiger charge is -1.99. The fraction of sp³-hybridized carbons (Fsp3) is 0.250. The number of aromatic nitrogens is 1. The van der Waals surface area contributed by atoms with Crippen molar-refractivity contribution < 1.29 is 8.81 Å². The van der Waals surface area contributed by atoms with Crippen molar-refractivity contribution in [3.05, 3.63) is 40.6 Å². The SMILES string of the molecule is NCCCc1ncc(-c2cc(Br)ccc2F)o1. The van der Waals surface area contributed by atoms with Crippen molar-refractivity contribution in [2.75, 3.05) is 6.54 Å². The van der Waals surface area contributed by atoms with Gasteiger partial charge in [-0.3, -0.25) is 0 Å². The number of aryl methyl sites for hydroxylation is 1. The van der Waals surface area contributed by atoms with Crippen LogP contribution >= 0.6 is 15.9 Å². The first-order valence-corrected chi connectivity index (χ1v) is 6.10. The van der Waals surface area contributed by atoms with Crippen molar-refractivity contribution in [1.82, 2.24) is 4.98 Å². The largest absolute Gasteiger partial charge is 0.441 e. The highest BCUT2D eigenvalue weighted by molar-refractivity contribution is 9.10. The highest BCUT2D eigenvalue weighted by Crippen LogP contribution is 2.27. The zero-order valence-electron chi connectivity index (χ0n) is 9.12. The Bertz CT molecular complexity index is 513. The second kappa shape index (κ2) is 5.42. The minimum atomic E-state index is -0.324. The zero-order chi connectivity index (χ0) is 12.3. The summed E-state index contributed by atoms with van der Waals surface area (Å²) >= 11 is 3.30. The van der Waals surface area contributed by atoms with Gasteiger partial charge in [-0.15, -0.1) is 0 Å². The zero-order valence-corrected chi connectivity index (χ0v) is 10.7. The van der Waals surface area contributed by atoms with Crippen molar-refractivity contribution in [2.24, 2.45) is 5.73 Å². The average molecular weight is 299 g/mol. The molecule has 0 aliphatic heterocycles. The van der Waals surface area contributed by atoms with Crippen molar-refractivity contribution in [3.8, 4) is 11.3 Å². The molecule has 0 fully saturated rings. The second-order valence-electron chi connectivity index (χ2n) is 3.63. The maximum absolute atomic E-state index is 13.6. The summed E-state index contributed by atoms with van der Waals surface area (Å²) in [7, 11) is 0. The summed E-state index contributed by atoms with van der Waals surface area (Å²) in [4.78, 5) is 4.10. The Kier molecular flexibility index (Phi) is 3.91. The minimum Gasteiger partial charge on any atom is -0.441 e. The van der Waals surface area contributed by atoms with Gasteiger partial charge in [0.15, 0.2) is 11.7 Å². The molecule has 2 N–H and O–H groups in total. The number of halogens is 2. The molecule has 0 bridgehead atoms. The molecule has 90 valence electrons. The Balaban J connectivity index is 2.27. The molecule has 0 amide bonds. The molecular weight excluding hydrogens is 287 g/mol. The molecule has 3 nitrogen and oxygen atoms in total. The van der Waals surface area contributed by atoms with Gasteiger partial charge >= 0.3 is 0 Å². The molecule has 2 rings (SSSR count). The van der Waals surface area contributed by atoms with Crippen molar-refractivity contribution in [1.29, 1.82) is 0 Å². The third-order valence-corrected chi connectivity index (χ3v) is 2.84. The first kappa shape index (κ1) is 12.3. The van der Waals surface area contributed by atoms with Crippen LogP contribution in [-0.2, 0) is 6.42 Å². The number of oxazole rings is 1. The van der Waals surface area contributed by atoms with Gasteiger partial charge in [-0.1, -0.05) is 15.9 Å². The minimum absolute atomic E-state index is 0.324. The summed E-state index contributed by atoms with van der Waals surface area (Å²) in [5, 5.41) is 0. The molecule has 1 aromatic heterocycles. The van der Waals surface area contributed by atoms with Gasteiger partial charge in [-0.2, -0.15) is 0 Å². The highest BCUT2D eigenvalue weighted by atomic mass is 79.9. The van der Waals surface area contributed by atoms with Gasteiger partial charge in [-0.25, -0.2) is 9.37 Å². The maximum atomic E-state index is 13.6. The molecule has 0 aliphatic rings. The molecule has 17 heavy (non-hydrogen) atoms. The van der Waals surface area contributed by atoms with Crippen LogP contribution in [0.1, 0.15) is 12.3 Å². The number of rotatable bonds is 4. The van der Waals surface area contributed by atoms with E-state index in [-0.39, 0.29) is 5.82 Å². The number of hydrogen-bond donors (Lipinski definition) is 1. The van der Waals surface area contributed by atoms with Crippen molar-refractivity contribution in [2.45, 2.75) is 12.8 Å². The topological polar surface area (TPSA) is 52.0 Å². The average Bonchev–Trinajstić information content (AvgIpc) is 2.78. The Morgan fingerprint density at radius 3 is 3.00 bits per heavy atom. The lowest BCUT2D eigenvalue weighted by atomic mass is 10.2. The molecule has 0 saturated carbocycles. The summed E-state index contributed by atoms with van der Waals surface area (Å²) in [6.07, 6.45) is 3.02. The number of hydrogen-bond acceptors (Lipinski definition) is 3. The molecule has 1 aromatic carbocycles. The quantitative estimate of drug-likeness (QED) is 0.943. The van der Waals surface area contributed by atoms with Crippen LogP contribution < -0.4 is 5.73 Å². The summed E-state index contributed by atoms with van der Waals surface area (Å²) in [5.74, 6) is 0.704. The summed E-state index contributed by atoms with van der Waals surface area (Å²) < 4.78 is 19.9. The molecule has 0 atom stereocenters. The summed E-state index contributed by atoms with van der Waals surface area (Å²) in [6.45, 7) is 0.586. The third-order valence-electron chi connectivity index (χ3n) is 2.34. The van der Waals surface area contributed by atoms with Crippen LogP contribution in [0, 0.1) is 5.82 Å². The Labute approximate surface area is 107 Å². The van der Waals surface area contributed by atoms with E-state index in [0.717, 1.165) is 10.9 Å². The van der Waals surface area contributed by atoms with Gasteiger partial charge in [0.1, 0.15) is 5.82 Å². The molecule has 1 heterocycles. The van der Waals surface area contributed by atoms with Crippen LogP contribution in [0.2, 0.25) is 0 Å². The molecule has 0 radical (unpaired) electrons. The van der Waals surface area contributed by atoms with E-state index in [0.29, 0.717) is 30.2 Å². The second-order valence-corrected chi connectivity index (χ2v) is 4.55. The van der Waals surface area contributed by atoms with E-state index in [1.807, 2.05) is 0 Å². The van der Waals surface area contributed by atoms with Crippen LogP contribution in [0.5, 0.6) is 0 Å². The van der Waals surface area contributed by atoms with Crippen LogP contribution in [-0.4, -0.2) is 11.5 Å². The maximum Gasteiger partial charge on any atom is 0.194 e. The number of nitrogens with two attached hydrogens (primary N) is 1. The van der Waals surface area contributed by atoms with Crippen LogP contribution in [0.3, 0.4) is 0 Å². The lowest BCUT2D eigenvalue weighted by Crippen LogP contribution is -2.00. The van der Waals surface area contributed by atoms with E-state index >= 15 is 0 Å². The number of nitrogens with zero attached hydrogens (tertiary/aromatic N) is 1. The Morgan fingerprint density at radius 2 is 2.24 bits per heavy atom. The predicted molar refractivity (Wildman–Crippen MR) is 67.0 cm³/mol. The predicted octanol–water partition coefficient (Wildman–Crippen LogP) is 3.13. The molecule has 0 saturated heterocycles. The van der Waals surface area contributed by atoms with Crippen molar-refractivity contribution in [3.63, 3.8) is 0 Å². The van der Waals surface area contributed by atoms with Gasteiger partial charge in [0.25, 0.3) is 0 Å². The van der Waals surface area contributed by atoms with Gasteiger partial charge < -0.3 is 10.2 Å². The van der Waals surface area contributed by atoms with E-state index in [1.54, 1.807) is 12.1 Å². The normalized spacial score (nSPS) is 10.8. The Morgan fingerprint density at radius 1 is 1.41 bits per heavy atom. The molecule has 0 aliphatic carbocycles. The molecular formula is C12H12BrFN2O. The van der Waals surface area contributed by atoms with E-state index in [9.17, 15) is 4.39 Å². The van der Waals surface area contributed by atoms with Crippen LogP contribution in [0.25, 0.3) is 11.3 Å². The first-order chi connectivity index (χ1) is 8.20. The van der Waals surface area contributed by atoms with E-state index in [1.165, 1.54) is 12.3 Å². The highest BCUT2D eigenvalue weighted by Gasteiger charge is 2.11. The van der Waals surface area contributed by atoms with E-state index in [4.69, 9.17) is 10.2 Å². The first-order valence-electron chi connectivity index (χ1n) is 5.31. The molecule has 2 aromatic rings. The fourth-order valence-corrected chi connectivity index (χ4v) is 1.85. The van der Waals surface area contributed by atoms with Crippen LogP contribution in [0.15, 0.2) is 33.3 Å². The van der Waals surface area contributed by atoms with Crippen LogP contribution in [0.4, 0.5) is 4.39 Å². The fourth-order valence-electron chi connectivity index (χ4n) is 1.49.